The smallest absolute Gasteiger partial charge is 0.142 e. The zero-order valence-electron chi connectivity index (χ0n) is 2.92. The fraction of sp³-hybridized carbons (Fsp3) is 0.333. The Labute approximate surface area is 39.4 Å². The number of hydrogen-bond donors (Lipinski definition) is 0. The lowest BCUT2D eigenvalue weighted by Gasteiger charge is -1.75. The van der Waals surface area contributed by atoms with E-state index in [1.54, 1.807) is 0 Å². The van der Waals surface area contributed by atoms with Crippen molar-refractivity contribution < 1.29 is 8.78 Å². The summed E-state index contributed by atoms with van der Waals surface area (Å²) in [5.74, 6) is -0.934. The van der Waals surface area contributed by atoms with Gasteiger partial charge in [0.25, 0.3) is 0 Å². The average molecular weight is 113 g/mol. The number of hydrogen-bond acceptors (Lipinski definition) is 0. The SMILES string of the molecule is FC/C(F)=C\Cl. The molecule has 0 aromatic carbocycles. The summed E-state index contributed by atoms with van der Waals surface area (Å²) in [5, 5.41) is 0. The van der Waals surface area contributed by atoms with Gasteiger partial charge in [0.2, 0.25) is 0 Å². The average Bonchev–Trinajstić information content (AvgIpc) is 1.65. The molecule has 0 atom stereocenters. The predicted molar refractivity (Wildman–Crippen MR) is 21.0 cm³/mol. The molecule has 0 rings (SSSR count). The Morgan fingerprint density at radius 2 is 2.33 bits per heavy atom. The van der Waals surface area contributed by atoms with Crippen molar-refractivity contribution in [1.29, 1.82) is 0 Å². The van der Waals surface area contributed by atoms with Gasteiger partial charge >= 0.3 is 0 Å². The van der Waals surface area contributed by atoms with Crippen LogP contribution in [0, 0.1) is 0 Å². The number of alkyl halides is 1. The minimum atomic E-state index is -1.11. The molecule has 0 nitrogen and oxygen atoms in total. The Bertz CT molecular complexity index is 59.8. The van der Waals surface area contributed by atoms with Crippen LogP contribution in [0.25, 0.3) is 0 Å². The lowest BCUT2D eigenvalue weighted by atomic mass is 10.7. The van der Waals surface area contributed by atoms with E-state index in [4.69, 9.17) is 0 Å². The zero-order chi connectivity index (χ0) is 4.99. The summed E-state index contributed by atoms with van der Waals surface area (Å²) in [7, 11) is 0. The fourth-order valence-corrected chi connectivity index (χ4v) is 0.0875. The minimum Gasteiger partial charge on any atom is -0.243 e. The van der Waals surface area contributed by atoms with Crippen LogP contribution >= 0.6 is 11.6 Å². The molecule has 0 aromatic heterocycles. The highest BCUT2D eigenvalue weighted by Crippen LogP contribution is 1.96. The quantitative estimate of drug-likeness (QED) is 0.487. The molecular formula is C3H3ClF2. The van der Waals surface area contributed by atoms with Gasteiger partial charge < -0.3 is 0 Å². The molecule has 0 fully saturated rings. The lowest BCUT2D eigenvalue weighted by Crippen LogP contribution is -1.68. The first-order valence-corrected chi connectivity index (χ1v) is 1.75. The Morgan fingerprint density at radius 1 is 1.83 bits per heavy atom. The number of allylic oxidation sites excluding steroid dienone is 1. The van der Waals surface area contributed by atoms with Crippen LogP contribution in [-0.4, -0.2) is 6.67 Å². The molecule has 0 heterocycles. The molecule has 0 radical (unpaired) electrons. The third-order valence-electron chi connectivity index (χ3n) is 0.246. The van der Waals surface area contributed by atoms with Gasteiger partial charge in [-0.25, -0.2) is 8.78 Å². The molecule has 0 aliphatic carbocycles. The Balaban J connectivity index is 3.22. The summed E-state index contributed by atoms with van der Waals surface area (Å²) in [6.07, 6.45) is 0. The van der Waals surface area contributed by atoms with Crippen LogP contribution in [0.2, 0.25) is 0 Å². The summed E-state index contributed by atoms with van der Waals surface area (Å²) in [5.41, 5.74) is 0.569. The predicted octanol–water partition coefficient (Wildman–Crippen LogP) is 2.01. The van der Waals surface area contributed by atoms with E-state index in [0.29, 0.717) is 5.54 Å². The minimum absolute atomic E-state index is 0.569. The largest absolute Gasteiger partial charge is 0.243 e. The van der Waals surface area contributed by atoms with Gasteiger partial charge in [0, 0.05) is 5.54 Å². The second kappa shape index (κ2) is 3.09. The molecule has 3 heteroatoms. The molecule has 6 heavy (non-hydrogen) atoms. The van der Waals surface area contributed by atoms with Crippen molar-refractivity contribution in [1.82, 2.24) is 0 Å². The molecule has 36 valence electrons. The van der Waals surface area contributed by atoms with E-state index in [1.165, 1.54) is 0 Å². The summed E-state index contributed by atoms with van der Waals surface area (Å²) in [6, 6.07) is 0. The van der Waals surface area contributed by atoms with Crippen LogP contribution in [0.5, 0.6) is 0 Å². The third kappa shape index (κ3) is 2.15. The molecule has 0 N–H and O–H groups in total. The van der Waals surface area contributed by atoms with E-state index in [9.17, 15) is 8.78 Å². The molecule has 0 spiro atoms. The van der Waals surface area contributed by atoms with Crippen LogP contribution in [0.1, 0.15) is 0 Å². The van der Waals surface area contributed by atoms with Crippen LogP contribution in [0.15, 0.2) is 11.4 Å². The monoisotopic (exact) mass is 112 g/mol. The van der Waals surface area contributed by atoms with Crippen molar-refractivity contribution in [2.75, 3.05) is 6.67 Å². The van der Waals surface area contributed by atoms with E-state index in [2.05, 4.69) is 11.6 Å². The fourth-order valence-electron chi connectivity index (χ4n) is 0.0292. The maximum atomic E-state index is 11.2. The van der Waals surface area contributed by atoms with Gasteiger partial charge in [0.1, 0.15) is 12.5 Å². The summed E-state index contributed by atoms with van der Waals surface area (Å²) in [6.45, 7) is -1.11. The molecule has 0 aliphatic heterocycles. The first-order valence-electron chi connectivity index (χ1n) is 1.32. The zero-order valence-corrected chi connectivity index (χ0v) is 3.67. The Hall–Kier alpha value is -0.110. The maximum absolute atomic E-state index is 11.2. The van der Waals surface area contributed by atoms with Crippen molar-refractivity contribution in [3.8, 4) is 0 Å². The van der Waals surface area contributed by atoms with Crippen LogP contribution in [0.4, 0.5) is 8.78 Å². The van der Waals surface area contributed by atoms with Crippen molar-refractivity contribution >= 4 is 11.6 Å². The van der Waals surface area contributed by atoms with Gasteiger partial charge in [0.05, 0.1) is 0 Å². The highest BCUT2D eigenvalue weighted by molar-refractivity contribution is 6.25. The van der Waals surface area contributed by atoms with Gasteiger partial charge in [-0.15, -0.1) is 0 Å². The van der Waals surface area contributed by atoms with E-state index in [-0.39, 0.29) is 0 Å². The maximum Gasteiger partial charge on any atom is 0.142 e. The van der Waals surface area contributed by atoms with Crippen LogP contribution < -0.4 is 0 Å². The lowest BCUT2D eigenvalue weighted by molar-refractivity contribution is 0.460. The summed E-state index contributed by atoms with van der Waals surface area (Å²) >= 11 is 4.68. The topological polar surface area (TPSA) is 0 Å². The van der Waals surface area contributed by atoms with E-state index < -0.39 is 12.5 Å². The van der Waals surface area contributed by atoms with E-state index in [0.717, 1.165) is 0 Å². The van der Waals surface area contributed by atoms with Gasteiger partial charge in [-0.3, -0.25) is 0 Å². The first kappa shape index (κ1) is 5.89. The van der Waals surface area contributed by atoms with Gasteiger partial charge in [-0.2, -0.15) is 0 Å². The molecule has 0 aliphatic rings. The van der Waals surface area contributed by atoms with Crippen molar-refractivity contribution in [2.24, 2.45) is 0 Å². The van der Waals surface area contributed by atoms with Crippen LogP contribution in [0.3, 0.4) is 0 Å². The normalized spacial score (nSPS) is 12.2. The molecule has 0 unspecified atom stereocenters. The van der Waals surface area contributed by atoms with Crippen molar-refractivity contribution in [3.63, 3.8) is 0 Å². The summed E-state index contributed by atoms with van der Waals surface area (Å²) < 4.78 is 22.1. The molecule has 0 saturated heterocycles. The molecular weight excluding hydrogens is 109 g/mol. The third-order valence-corrected chi connectivity index (χ3v) is 0.483. The second-order valence-electron chi connectivity index (χ2n) is 0.690. The molecule has 0 aromatic rings. The highest BCUT2D eigenvalue weighted by atomic mass is 35.5. The molecule has 0 saturated carbocycles. The second-order valence-corrected chi connectivity index (χ2v) is 0.908. The molecule has 0 amide bonds. The Kier molecular flexibility index (Phi) is 3.04. The molecule has 0 bridgehead atoms. The van der Waals surface area contributed by atoms with E-state index in [1.807, 2.05) is 0 Å². The van der Waals surface area contributed by atoms with E-state index >= 15 is 0 Å². The van der Waals surface area contributed by atoms with Crippen molar-refractivity contribution in [3.05, 3.63) is 11.4 Å². The Morgan fingerprint density at radius 3 is 2.33 bits per heavy atom. The van der Waals surface area contributed by atoms with Crippen molar-refractivity contribution in [2.45, 2.75) is 0 Å². The van der Waals surface area contributed by atoms with Crippen LogP contribution in [-0.2, 0) is 0 Å². The van der Waals surface area contributed by atoms with Gasteiger partial charge in [-0.1, -0.05) is 11.6 Å². The number of halogens is 3. The van der Waals surface area contributed by atoms with Gasteiger partial charge in [0.15, 0.2) is 0 Å². The first-order chi connectivity index (χ1) is 2.81. The summed E-state index contributed by atoms with van der Waals surface area (Å²) in [4.78, 5) is 0. The number of rotatable bonds is 1. The van der Waals surface area contributed by atoms with Gasteiger partial charge in [-0.05, 0) is 0 Å². The highest BCUT2D eigenvalue weighted by Gasteiger charge is 1.84. The standard InChI is InChI=1S/C3H3ClF2/c4-1-3(6)2-5/h1H,2H2/b3-1+.